The summed E-state index contributed by atoms with van der Waals surface area (Å²) < 4.78 is 31.5. The molecule has 0 fully saturated rings. The number of amides is 1. The summed E-state index contributed by atoms with van der Waals surface area (Å²) in [4.78, 5) is 12.5. The monoisotopic (exact) mass is 506 g/mol. The molecule has 174 valence electrons. The van der Waals surface area contributed by atoms with Crippen LogP contribution in [0.15, 0.2) is 66.7 Å². The van der Waals surface area contributed by atoms with Crippen LogP contribution in [0.1, 0.15) is 28.4 Å². The van der Waals surface area contributed by atoms with Gasteiger partial charge in [-0.3, -0.25) is 9.10 Å². The van der Waals surface area contributed by atoms with Crippen LogP contribution in [-0.4, -0.2) is 27.2 Å². The lowest BCUT2D eigenvalue weighted by Gasteiger charge is -2.24. The Bertz CT molecular complexity index is 1230. The first-order chi connectivity index (χ1) is 15.7. The van der Waals surface area contributed by atoms with E-state index in [9.17, 15) is 13.2 Å². The van der Waals surface area contributed by atoms with E-state index in [1.54, 1.807) is 42.5 Å². The van der Waals surface area contributed by atoms with Crippen LogP contribution < -0.4 is 14.4 Å². The van der Waals surface area contributed by atoms with Gasteiger partial charge in [-0.1, -0.05) is 53.5 Å². The molecule has 1 N–H and O–H groups in total. The number of sulfonamides is 1. The highest BCUT2D eigenvalue weighted by Gasteiger charge is 2.21. The van der Waals surface area contributed by atoms with Crippen molar-refractivity contribution >= 4 is 44.8 Å². The molecule has 33 heavy (non-hydrogen) atoms. The molecule has 0 bridgehead atoms. The van der Waals surface area contributed by atoms with Gasteiger partial charge in [-0.15, -0.1) is 0 Å². The summed E-state index contributed by atoms with van der Waals surface area (Å²) in [5.74, 6) is 0.519. The van der Waals surface area contributed by atoms with Gasteiger partial charge >= 0.3 is 0 Å². The van der Waals surface area contributed by atoms with Crippen molar-refractivity contribution in [2.45, 2.75) is 20.0 Å². The van der Waals surface area contributed by atoms with Crippen molar-refractivity contribution in [3.05, 3.63) is 93.5 Å². The molecule has 3 rings (SSSR count). The van der Waals surface area contributed by atoms with Crippen LogP contribution >= 0.6 is 23.2 Å². The average Bonchev–Trinajstić information content (AvgIpc) is 2.78. The van der Waals surface area contributed by atoms with E-state index in [1.165, 1.54) is 4.31 Å². The third-order valence-corrected chi connectivity index (χ3v) is 6.74. The molecule has 0 heterocycles. The number of halogens is 2. The first kappa shape index (κ1) is 24.9. The van der Waals surface area contributed by atoms with Crippen LogP contribution in [0.2, 0.25) is 10.0 Å². The van der Waals surface area contributed by atoms with E-state index in [4.69, 9.17) is 27.9 Å². The number of rotatable bonds is 9. The molecule has 9 heteroatoms. The summed E-state index contributed by atoms with van der Waals surface area (Å²) >= 11 is 12.3. The predicted molar refractivity (Wildman–Crippen MR) is 133 cm³/mol. The molecular weight excluding hydrogens is 483 g/mol. The molecule has 0 atom stereocenters. The topological polar surface area (TPSA) is 75.7 Å². The Balaban J connectivity index is 1.70. The highest BCUT2D eigenvalue weighted by atomic mass is 35.5. The maximum absolute atomic E-state index is 12.5. The Labute approximate surface area is 204 Å². The van der Waals surface area contributed by atoms with Crippen molar-refractivity contribution in [2.24, 2.45) is 0 Å². The van der Waals surface area contributed by atoms with E-state index < -0.39 is 10.0 Å². The Morgan fingerprint density at radius 3 is 2.36 bits per heavy atom. The summed E-state index contributed by atoms with van der Waals surface area (Å²) in [5, 5.41) is 3.30. The molecule has 3 aromatic rings. The van der Waals surface area contributed by atoms with Crippen molar-refractivity contribution < 1.29 is 17.9 Å². The van der Waals surface area contributed by atoms with Gasteiger partial charge in [-0.05, 0) is 54.4 Å². The Morgan fingerprint density at radius 2 is 1.70 bits per heavy atom. The standard InChI is InChI=1S/C24H24Cl2N2O4S/c1-3-32-20-7-4-6-18(14-20)15-27-24(29)19-12-10-17(11-13-19)16-28(33(2,30)31)22-9-5-8-21(25)23(22)26/h4-14H,3,15-16H2,1-2H3,(H,27,29). The molecule has 1 amide bonds. The normalized spacial score (nSPS) is 11.2. The minimum Gasteiger partial charge on any atom is -0.494 e. The maximum atomic E-state index is 12.5. The van der Waals surface area contributed by atoms with Gasteiger partial charge in [0.15, 0.2) is 0 Å². The lowest BCUT2D eigenvalue weighted by Crippen LogP contribution is -2.29. The number of ether oxygens (including phenoxy) is 1. The molecule has 0 aliphatic carbocycles. The fraction of sp³-hybridized carbons (Fsp3) is 0.208. The van der Waals surface area contributed by atoms with E-state index in [1.807, 2.05) is 31.2 Å². The number of carbonyl (C=O) groups excluding carboxylic acids is 1. The Hall–Kier alpha value is -2.74. The molecular formula is C24H24Cl2N2O4S. The highest BCUT2D eigenvalue weighted by molar-refractivity contribution is 7.92. The van der Waals surface area contributed by atoms with Crippen molar-refractivity contribution in [1.82, 2.24) is 5.32 Å². The zero-order valence-corrected chi connectivity index (χ0v) is 20.5. The molecule has 6 nitrogen and oxygen atoms in total. The summed E-state index contributed by atoms with van der Waals surface area (Å²) in [6.07, 6.45) is 1.10. The number of carbonyl (C=O) groups is 1. The van der Waals surface area contributed by atoms with Crippen LogP contribution in [0.3, 0.4) is 0 Å². The molecule has 0 saturated carbocycles. The molecule has 0 aliphatic rings. The largest absolute Gasteiger partial charge is 0.494 e. The average molecular weight is 507 g/mol. The summed E-state index contributed by atoms with van der Waals surface area (Å²) in [7, 11) is -3.63. The minimum absolute atomic E-state index is 0.0466. The molecule has 0 spiro atoms. The third kappa shape index (κ3) is 6.63. The van der Waals surface area contributed by atoms with Crippen molar-refractivity contribution in [3.63, 3.8) is 0 Å². The lowest BCUT2D eigenvalue weighted by atomic mass is 10.1. The molecule has 0 saturated heterocycles. The molecule has 0 aromatic heterocycles. The van der Waals surface area contributed by atoms with Gasteiger partial charge < -0.3 is 10.1 Å². The smallest absolute Gasteiger partial charge is 0.251 e. The Morgan fingerprint density at radius 1 is 1.00 bits per heavy atom. The van der Waals surface area contributed by atoms with Crippen LogP contribution in [0.5, 0.6) is 5.75 Å². The third-order valence-electron chi connectivity index (χ3n) is 4.81. The minimum atomic E-state index is -3.63. The summed E-state index contributed by atoms with van der Waals surface area (Å²) in [6, 6.07) is 19.1. The second kappa shape index (κ2) is 10.9. The second-order valence-corrected chi connectivity index (χ2v) is 9.99. The van der Waals surface area contributed by atoms with Gasteiger partial charge in [-0.25, -0.2) is 8.42 Å². The van der Waals surface area contributed by atoms with Crippen LogP contribution in [0.4, 0.5) is 5.69 Å². The summed E-state index contributed by atoms with van der Waals surface area (Å²) in [5.41, 5.74) is 2.37. The number of hydrogen-bond donors (Lipinski definition) is 1. The number of nitrogens with zero attached hydrogens (tertiary/aromatic N) is 1. The first-order valence-corrected chi connectivity index (χ1v) is 12.8. The molecule has 0 radical (unpaired) electrons. The van der Waals surface area contributed by atoms with Crippen molar-refractivity contribution in [2.75, 3.05) is 17.2 Å². The van der Waals surface area contributed by atoms with Gasteiger partial charge in [-0.2, -0.15) is 0 Å². The number of anilines is 1. The number of nitrogens with one attached hydrogen (secondary N) is 1. The van der Waals surface area contributed by atoms with Gasteiger partial charge in [0.2, 0.25) is 10.0 Å². The number of benzene rings is 3. The quantitative estimate of drug-likeness (QED) is 0.427. The van der Waals surface area contributed by atoms with E-state index >= 15 is 0 Å². The zero-order valence-electron chi connectivity index (χ0n) is 18.2. The second-order valence-electron chi connectivity index (χ2n) is 7.30. The summed E-state index contributed by atoms with van der Waals surface area (Å²) in [6.45, 7) is 2.89. The van der Waals surface area contributed by atoms with Crippen LogP contribution in [0, 0.1) is 0 Å². The van der Waals surface area contributed by atoms with E-state index in [0.29, 0.717) is 30.0 Å². The fourth-order valence-electron chi connectivity index (χ4n) is 3.19. The first-order valence-electron chi connectivity index (χ1n) is 10.2. The van der Waals surface area contributed by atoms with Gasteiger partial charge in [0.25, 0.3) is 5.91 Å². The highest BCUT2D eigenvalue weighted by Crippen LogP contribution is 2.34. The van der Waals surface area contributed by atoms with Gasteiger partial charge in [0.1, 0.15) is 5.75 Å². The maximum Gasteiger partial charge on any atom is 0.251 e. The zero-order chi connectivity index (χ0) is 24.0. The SMILES string of the molecule is CCOc1cccc(CNC(=O)c2ccc(CN(c3cccc(Cl)c3Cl)S(C)(=O)=O)cc2)c1. The number of hydrogen-bond acceptors (Lipinski definition) is 4. The van der Waals surface area contributed by atoms with E-state index in [2.05, 4.69) is 5.32 Å². The van der Waals surface area contributed by atoms with E-state index in [-0.39, 0.29) is 22.5 Å². The Kier molecular flexibility index (Phi) is 8.24. The van der Waals surface area contributed by atoms with E-state index in [0.717, 1.165) is 17.6 Å². The fourth-order valence-corrected chi connectivity index (χ4v) is 4.53. The lowest BCUT2D eigenvalue weighted by molar-refractivity contribution is 0.0951. The van der Waals surface area contributed by atoms with Crippen molar-refractivity contribution in [1.29, 1.82) is 0 Å². The van der Waals surface area contributed by atoms with Gasteiger partial charge in [0.05, 0.1) is 35.1 Å². The predicted octanol–water partition coefficient (Wildman–Crippen LogP) is 5.29. The van der Waals surface area contributed by atoms with Crippen LogP contribution in [-0.2, 0) is 23.1 Å². The van der Waals surface area contributed by atoms with Crippen molar-refractivity contribution in [3.8, 4) is 5.75 Å². The molecule has 0 unspecified atom stereocenters. The van der Waals surface area contributed by atoms with Crippen LogP contribution in [0.25, 0.3) is 0 Å². The molecule has 3 aromatic carbocycles. The molecule has 0 aliphatic heterocycles. The van der Waals surface area contributed by atoms with Gasteiger partial charge in [0, 0.05) is 12.1 Å².